The maximum atomic E-state index is 5.73. The molecule has 1 aromatic rings. The first-order chi connectivity index (χ1) is 6.07. The minimum atomic E-state index is 0.265. The van der Waals surface area contributed by atoms with Crippen LogP contribution in [0.25, 0.3) is 0 Å². The van der Waals surface area contributed by atoms with Gasteiger partial charge in [-0.15, -0.1) is 11.8 Å². The molecule has 1 aliphatic rings. The van der Waals surface area contributed by atoms with Crippen molar-refractivity contribution in [1.82, 2.24) is 0 Å². The van der Waals surface area contributed by atoms with Crippen molar-refractivity contribution in [3.63, 3.8) is 0 Å². The van der Waals surface area contributed by atoms with Gasteiger partial charge in [0.25, 0.3) is 0 Å². The lowest BCUT2D eigenvalue weighted by Crippen LogP contribution is -2.29. The number of rotatable bonds is 0. The minimum Gasteiger partial charge on any atom is -0.399 e. The highest BCUT2D eigenvalue weighted by atomic mass is 32.2. The van der Waals surface area contributed by atoms with Gasteiger partial charge < -0.3 is 11.1 Å². The topological polar surface area (TPSA) is 38.0 Å². The highest BCUT2D eigenvalue weighted by molar-refractivity contribution is 8.00. The molecule has 0 unspecified atom stereocenters. The Kier molecular flexibility index (Phi) is 1.91. The van der Waals surface area contributed by atoms with Crippen LogP contribution in [0.3, 0.4) is 0 Å². The summed E-state index contributed by atoms with van der Waals surface area (Å²) in [6.07, 6.45) is 0. The van der Waals surface area contributed by atoms with E-state index in [2.05, 4.69) is 19.2 Å². The molecule has 0 radical (unpaired) electrons. The fourth-order valence-corrected chi connectivity index (χ4v) is 2.60. The van der Waals surface area contributed by atoms with Crippen LogP contribution in [0.15, 0.2) is 23.1 Å². The molecule has 0 bridgehead atoms. The Morgan fingerprint density at radius 3 is 3.00 bits per heavy atom. The van der Waals surface area contributed by atoms with Crippen LogP contribution in [0.1, 0.15) is 13.8 Å². The van der Waals surface area contributed by atoms with Gasteiger partial charge in [-0.05, 0) is 32.0 Å². The summed E-state index contributed by atoms with van der Waals surface area (Å²) in [5.41, 5.74) is 7.77. The van der Waals surface area contributed by atoms with Crippen LogP contribution >= 0.6 is 11.8 Å². The summed E-state index contributed by atoms with van der Waals surface area (Å²) in [5, 5.41) is 3.40. The second-order valence-corrected chi connectivity index (χ2v) is 5.72. The van der Waals surface area contributed by atoms with Crippen LogP contribution < -0.4 is 11.1 Å². The Morgan fingerprint density at radius 1 is 1.46 bits per heavy atom. The van der Waals surface area contributed by atoms with Crippen LogP contribution in [0.4, 0.5) is 11.4 Å². The van der Waals surface area contributed by atoms with Crippen molar-refractivity contribution in [2.75, 3.05) is 17.6 Å². The van der Waals surface area contributed by atoms with E-state index in [4.69, 9.17) is 5.73 Å². The molecule has 0 atom stereocenters. The third kappa shape index (κ3) is 1.75. The van der Waals surface area contributed by atoms with E-state index in [0.717, 1.165) is 12.2 Å². The molecule has 2 rings (SSSR count). The van der Waals surface area contributed by atoms with Crippen molar-refractivity contribution in [1.29, 1.82) is 0 Å². The van der Waals surface area contributed by atoms with Crippen molar-refractivity contribution < 1.29 is 0 Å². The molecule has 1 aliphatic heterocycles. The molecule has 0 amide bonds. The van der Waals surface area contributed by atoms with Crippen molar-refractivity contribution in [3.8, 4) is 0 Å². The number of nitrogen functional groups attached to an aromatic ring is 1. The Labute approximate surface area is 82.9 Å². The predicted molar refractivity (Wildman–Crippen MR) is 59.3 cm³/mol. The van der Waals surface area contributed by atoms with Crippen LogP contribution in [-0.4, -0.2) is 11.3 Å². The zero-order chi connectivity index (χ0) is 9.47. The van der Waals surface area contributed by atoms with Gasteiger partial charge in [0.1, 0.15) is 0 Å². The first-order valence-corrected chi connectivity index (χ1v) is 5.21. The molecule has 13 heavy (non-hydrogen) atoms. The lowest BCUT2D eigenvalue weighted by molar-refractivity contribution is 0.739. The Morgan fingerprint density at radius 2 is 2.23 bits per heavy atom. The Bertz CT molecular complexity index is 334. The van der Waals surface area contributed by atoms with Gasteiger partial charge in [-0.2, -0.15) is 0 Å². The van der Waals surface area contributed by atoms with Crippen molar-refractivity contribution in [2.24, 2.45) is 0 Å². The molecule has 0 saturated carbocycles. The van der Waals surface area contributed by atoms with E-state index in [9.17, 15) is 0 Å². The molecular weight excluding hydrogens is 180 g/mol. The summed E-state index contributed by atoms with van der Waals surface area (Å²) in [7, 11) is 0. The molecule has 3 N–H and O–H groups in total. The SMILES string of the molecule is CC1(C)CNc2ccc(N)cc2S1. The van der Waals surface area contributed by atoms with Gasteiger partial charge in [0.15, 0.2) is 0 Å². The number of nitrogens with two attached hydrogens (primary N) is 1. The van der Waals surface area contributed by atoms with Gasteiger partial charge in [0, 0.05) is 27.6 Å². The van der Waals surface area contributed by atoms with E-state index in [1.54, 1.807) is 0 Å². The van der Waals surface area contributed by atoms with Crippen LogP contribution in [0.2, 0.25) is 0 Å². The highest BCUT2D eigenvalue weighted by Gasteiger charge is 2.25. The molecule has 0 spiro atoms. The molecule has 0 saturated heterocycles. The monoisotopic (exact) mass is 194 g/mol. The third-order valence-electron chi connectivity index (χ3n) is 2.10. The largest absolute Gasteiger partial charge is 0.399 e. The van der Waals surface area contributed by atoms with E-state index in [1.807, 2.05) is 30.0 Å². The van der Waals surface area contributed by atoms with Crippen LogP contribution in [0, 0.1) is 0 Å². The molecule has 1 aromatic carbocycles. The molecule has 0 aromatic heterocycles. The Hall–Kier alpha value is -0.830. The van der Waals surface area contributed by atoms with Crippen molar-refractivity contribution in [2.45, 2.75) is 23.5 Å². The fourth-order valence-electron chi connectivity index (χ4n) is 1.41. The molecular formula is C10H14N2S. The fraction of sp³-hybridized carbons (Fsp3) is 0.400. The van der Waals surface area contributed by atoms with Crippen molar-refractivity contribution >= 4 is 23.1 Å². The standard InChI is InChI=1S/C10H14N2S/c1-10(2)6-12-8-4-3-7(11)5-9(8)13-10/h3-5,12H,6,11H2,1-2H3. The second-order valence-electron chi connectivity index (χ2n) is 3.97. The molecule has 2 nitrogen and oxygen atoms in total. The predicted octanol–water partition coefficient (Wildman–Crippen LogP) is 2.57. The summed E-state index contributed by atoms with van der Waals surface area (Å²) in [6.45, 7) is 5.47. The van der Waals surface area contributed by atoms with Gasteiger partial charge in [-0.3, -0.25) is 0 Å². The van der Waals surface area contributed by atoms with E-state index in [-0.39, 0.29) is 4.75 Å². The Balaban J connectivity index is 2.38. The first-order valence-electron chi connectivity index (χ1n) is 4.39. The van der Waals surface area contributed by atoms with E-state index in [1.165, 1.54) is 10.6 Å². The average Bonchev–Trinajstić information content (AvgIpc) is 2.01. The van der Waals surface area contributed by atoms with Crippen LogP contribution in [-0.2, 0) is 0 Å². The maximum Gasteiger partial charge on any atom is 0.0480 e. The van der Waals surface area contributed by atoms with E-state index < -0.39 is 0 Å². The van der Waals surface area contributed by atoms with E-state index >= 15 is 0 Å². The lowest BCUT2D eigenvalue weighted by Gasteiger charge is -2.31. The van der Waals surface area contributed by atoms with Gasteiger partial charge in [0.2, 0.25) is 0 Å². The normalized spacial score (nSPS) is 18.9. The highest BCUT2D eigenvalue weighted by Crippen LogP contribution is 2.41. The van der Waals surface area contributed by atoms with Gasteiger partial charge in [0.05, 0.1) is 0 Å². The summed E-state index contributed by atoms with van der Waals surface area (Å²) in [5.74, 6) is 0. The average molecular weight is 194 g/mol. The number of hydrogen-bond acceptors (Lipinski definition) is 3. The first kappa shape index (κ1) is 8.75. The summed E-state index contributed by atoms with van der Waals surface area (Å²) in [6, 6.07) is 6.02. The number of thioether (sulfide) groups is 1. The maximum absolute atomic E-state index is 5.73. The molecule has 0 aliphatic carbocycles. The third-order valence-corrected chi connectivity index (χ3v) is 3.35. The van der Waals surface area contributed by atoms with Crippen LogP contribution in [0.5, 0.6) is 0 Å². The summed E-state index contributed by atoms with van der Waals surface area (Å²) >= 11 is 1.89. The minimum absolute atomic E-state index is 0.265. The quantitative estimate of drug-likeness (QED) is 0.623. The number of nitrogens with one attached hydrogen (secondary N) is 1. The zero-order valence-corrected chi connectivity index (χ0v) is 8.74. The molecule has 1 heterocycles. The van der Waals surface area contributed by atoms with Crippen molar-refractivity contribution in [3.05, 3.63) is 18.2 Å². The van der Waals surface area contributed by atoms with Gasteiger partial charge in [-0.25, -0.2) is 0 Å². The second kappa shape index (κ2) is 2.84. The number of fused-ring (bicyclic) bond motifs is 1. The zero-order valence-electron chi connectivity index (χ0n) is 7.92. The number of hydrogen-bond donors (Lipinski definition) is 2. The number of anilines is 2. The van der Waals surface area contributed by atoms with Gasteiger partial charge >= 0.3 is 0 Å². The molecule has 70 valence electrons. The van der Waals surface area contributed by atoms with E-state index in [0.29, 0.717) is 0 Å². The summed E-state index contributed by atoms with van der Waals surface area (Å²) < 4.78 is 0.265. The molecule has 0 fully saturated rings. The van der Waals surface area contributed by atoms with Gasteiger partial charge in [-0.1, -0.05) is 0 Å². The lowest BCUT2D eigenvalue weighted by atomic mass is 10.2. The molecule has 3 heteroatoms. The smallest absolute Gasteiger partial charge is 0.0480 e. The summed E-state index contributed by atoms with van der Waals surface area (Å²) in [4.78, 5) is 1.26. The number of benzene rings is 1.